The van der Waals surface area contributed by atoms with Crippen molar-refractivity contribution in [3.05, 3.63) is 66.0 Å². The number of pyridine rings is 1. The Kier molecular flexibility index (Phi) is 5.86. The predicted octanol–water partition coefficient (Wildman–Crippen LogP) is 3.33. The summed E-state index contributed by atoms with van der Waals surface area (Å²) in [4.78, 5) is 37.0. The molecular formula is C24H30N4O2. The largest absolute Gasteiger partial charge is 0.328 e. The van der Waals surface area contributed by atoms with E-state index < -0.39 is 5.54 Å². The Morgan fingerprint density at radius 3 is 2.33 bits per heavy atom. The Morgan fingerprint density at radius 2 is 1.70 bits per heavy atom. The third-order valence-corrected chi connectivity index (χ3v) is 6.49. The zero-order valence-electron chi connectivity index (χ0n) is 17.8. The van der Waals surface area contributed by atoms with Crippen LogP contribution < -0.4 is 0 Å². The van der Waals surface area contributed by atoms with Crippen LogP contribution >= 0.6 is 0 Å². The Hall–Kier alpha value is -2.73. The summed E-state index contributed by atoms with van der Waals surface area (Å²) in [7, 11) is 0. The molecule has 0 unspecified atom stereocenters. The van der Waals surface area contributed by atoms with Crippen molar-refractivity contribution in [2.45, 2.75) is 51.2 Å². The summed E-state index contributed by atoms with van der Waals surface area (Å²) in [5.41, 5.74) is 1.18. The lowest BCUT2D eigenvalue weighted by Crippen LogP contribution is -2.57. The quantitative estimate of drug-likeness (QED) is 0.691. The van der Waals surface area contributed by atoms with Crippen molar-refractivity contribution in [2.24, 2.45) is 0 Å². The van der Waals surface area contributed by atoms with Crippen LogP contribution in [0, 0.1) is 0 Å². The number of imide groups is 1. The topological polar surface area (TPSA) is 56.8 Å². The van der Waals surface area contributed by atoms with Crippen molar-refractivity contribution < 1.29 is 9.59 Å². The second kappa shape index (κ2) is 8.56. The molecule has 1 aromatic heterocycles. The van der Waals surface area contributed by atoms with Crippen LogP contribution in [0.3, 0.4) is 0 Å². The third-order valence-electron chi connectivity index (χ3n) is 6.49. The van der Waals surface area contributed by atoms with Crippen LogP contribution in [0.15, 0.2) is 54.7 Å². The first kappa shape index (κ1) is 20.5. The van der Waals surface area contributed by atoms with E-state index in [0.29, 0.717) is 25.4 Å². The number of rotatable bonds is 6. The van der Waals surface area contributed by atoms with Gasteiger partial charge in [-0.25, -0.2) is 4.79 Å². The van der Waals surface area contributed by atoms with Crippen molar-refractivity contribution in [1.82, 2.24) is 19.7 Å². The smallest absolute Gasteiger partial charge is 0.309 e. The van der Waals surface area contributed by atoms with E-state index in [1.54, 1.807) is 6.20 Å². The highest BCUT2D eigenvalue weighted by atomic mass is 16.2. The maximum Gasteiger partial charge on any atom is 0.328 e. The van der Waals surface area contributed by atoms with Gasteiger partial charge in [-0.2, -0.15) is 0 Å². The van der Waals surface area contributed by atoms with E-state index in [4.69, 9.17) is 0 Å². The van der Waals surface area contributed by atoms with E-state index in [1.165, 1.54) is 10.5 Å². The van der Waals surface area contributed by atoms with Crippen molar-refractivity contribution in [3.63, 3.8) is 0 Å². The standard InChI is InChI=1S/C24H30N4O2/c1-19(2)26-16-12-24(13-17-26)22(29)27(18-21-10-6-7-14-25-21)23(30)28(24)15-11-20-8-4-3-5-9-20/h3-10,14,19H,11-13,15-18H2,1-2H3. The number of urea groups is 1. The van der Waals surface area contributed by atoms with Gasteiger partial charge in [-0.05, 0) is 50.8 Å². The van der Waals surface area contributed by atoms with Gasteiger partial charge in [0.25, 0.3) is 5.91 Å². The molecule has 3 amide bonds. The average molecular weight is 407 g/mol. The lowest BCUT2D eigenvalue weighted by atomic mass is 9.85. The molecule has 0 aliphatic carbocycles. The number of carbonyl (C=O) groups excluding carboxylic acids is 2. The molecular weight excluding hydrogens is 376 g/mol. The van der Waals surface area contributed by atoms with Crippen LogP contribution in [0.25, 0.3) is 0 Å². The molecule has 0 saturated carbocycles. The summed E-state index contributed by atoms with van der Waals surface area (Å²) >= 11 is 0. The molecule has 158 valence electrons. The number of aromatic nitrogens is 1. The lowest BCUT2D eigenvalue weighted by Gasteiger charge is -2.43. The van der Waals surface area contributed by atoms with E-state index >= 15 is 0 Å². The van der Waals surface area contributed by atoms with Gasteiger partial charge in [0.1, 0.15) is 5.54 Å². The molecule has 2 fully saturated rings. The van der Waals surface area contributed by atoms with Crippen molar-refractivity contribution in [3.8, 4) is 0 Å². The third kappa shape index (κ3) is 3.84. The molecule has 2 aliphatic rings. The van der Waals surface area contributed by atoms with Crippen LogP contribution in [0.4, 0.5) is 4.79 Å². The van der Waals surface area contributed by atoms with Gasteiger partial charge in [0.15, 0.2) is 0 Å². The van der Waals surface area contributed by atoms with Gasteiger partial charge in [-0.3, -0.25) is 14.7 Å². The maximum atomic E-state index is 13.6. The fourth-order valence-electron chi connectivity index (χ4n) is 4.66. The fourth-order valence-corrected chi connectivity index (χ4v) is 4.66. The molecule has 30 heavy (non-hydrogen) atoms. The van der Waals surface area contributed by atoms with Gasteiger partial charge in [0, 0.05) is 31.9 Å². The van der Waals surface area contributed by atoms with Crippen molar-refractivity contribution >= 4 is 11.9 Å². The Labute approximate surface area is 178 Å². The zero-order chi connectivity index (χ0) is 21.1. The Morgan fingerprint density at radius 1 is 1.00 bits per heavy atom. The summed E-state index contributed by atoms with van der Waals surface area (Å²) in [5.74, 6) is -0.0605. The molecule has 1 aromatic carbocycles. The van der Waals surface area contributed by atoms with Gasteiger partial charge >= 0.3 is 6.03 Å². The lowest BCUT2D eigenvalue weighted by molar-refractivity contribution is -0.136. The van der Waals surface area contributed by atoms with E-state index in [0.717, 1.165) is 25.2 Å². The average Bonchev–Trinajstić information content (AvgIpc) is 2.95. The highest BCUT2D eigenvalue weighted by Gasteiger charge is 2.57. The number of hydrogen-bond acceptors (Lipinski definition) is 4. The van der Waals surface area contributed by atoms with Gasteiger partial charge in [0.2, 0.25) is 0 Å². The number of amides is 3. The van der Waals surface area contributed by atoms with Gasteiger partial charge in [-0.15, -0.1) is 0 Å². The molecule has 0 bridgehead atoms. The second-order valence-corrected chi connectivity index (χ2v) is 8.54. The first-order valence-electron chi connectivity index (χ1n) is 10.8. The maximum absolute atomic E-state index is 13.6. The number of likely N-dealkylation sites (tertiary alicyclic amines) is 1. The minimum absolute atomic E-state index is 0.0605. The molecule has 4 rings (SSSR count). The summed E-state index contributed by atoms with van der Waals surface area (Å²) in [6.07, 6.45) is 3.81. The minimum atomic E-state index is -0.730. The fraction of sp³-hybridized carbons (Fsp3) is 0.458. The second-order valence-electron chi connectivity index (χ2n) is 8.54. The normalized spacial score (nSPS) is 19.3. The van der Waals surface area contributed by atoms with Crippen molar-refractivity contribution in [2.75, 3.05) is 19.6 Å². The van der Waals surface area contributed by atoms with Crippen molar-refractivity contribution in [1.29, 1.82) is 0 Å². The summed E-state index contributed by atoms with van der Waals surface area (Å²) < 4.78 is 0. The number of benzene rings is 1. The SMILES string of the molecule is CC(C)N1CCC2(CC1)C(=O)N(Cc1ccccn1)C(=O)N2CCc1ccccc1. The van der Waals surface area contributed by atoms with Gasteiger partial charge < -0.3 is 9.80 Å². The first-order chi connectivity index (χ1) is 14.5. The number of hydrogen-bond donors (Lipinski definition) is 0. The minimum Gasteiger partial charge on any atom is -0.309 e. The number of nitrogens with zero attached hydrogens (tertiary/aromatic N) is 4. The molecule has 0 atom stereocenters. The molecule has 6 nitrogen and oxygen atoms in total. The van der Waals surface area contributed by atoms with Crippen LogP contribution in [0.1, 0.15) is 37.9 Å². The van der Waals surface area contributed by atoms with E-state index in [9.17, 15) is 9.59 Å². The predicted molar refractivity (Wildman–Crippen MR) is 116 cm³/mol. The summed E-state index contributed by atoms with van der Waals surface area (Å²) in [6.45, 7) is 6.80. The molecule has 2 saturated heterocycles. The van der Waals surface area contributed by atoms with Crippen LogP contribution in [-0.4, -0.2) is 62.8 Å². The Balaban J connectivity index is 1.58. The summed E-state index contributed by atoms with van der Waals surface area (Å²) in [6, 6.07) is 16.0. The highest BCUT2D eigenvalue weighted by molar-refractivity contribution is 6.07. The summed E-state index contributed by atoms with van der Waals surface area (Å²) in [5, 5.41) is 0. The molecule has 0 N–H and O–H groups in total. The molecule has 1 spiro atoms. The van der Waals surface area contributed by atoms with Crippen LogP contribution in [0.5, 0.6) is 0 Å². The van der Waals surface area contributed by atoms with Gasteiger partial charge in [0.05, 0.1) is 12.2 Å². The Bertz CT molecular complexity index is 877. The van der Waals surface area contributed by atoms with Crippen LogP contribution in [-0.2, 0) is 17.8 Å². The molecule has 6 heteroatoms. The van der Waals surface area contributed by atoms with Crippen LogP contribution in [0.2, 0.25) is 0 Å². The van der Waals surface area contributed by atoms with E-state index in [2.05, 4.69) is 35.9 Å². The first-order valence-corrected chi connectivity index (χ1v) is 10.8. The van der Waals surface area contributed by atoms with E-state index in [-0.39, 0.29) is 18.5 Å². The molecule has 0 radical (unpaired) electrons. The zero-order valence-corrected chi connectivity index (χ0v) is 17.8. The number of piperidine rings is 1. The molecule has 2 aromatic rings. The highest BCUT2D eigenvalue weighted by Crippen LogP contribution is 2.38. The van der Waals surface area contributed by atoms with E-state index in [1.807, 2.05) is 41.3 Å². The monoisotopic (exact) mass is 406 g/mol. The molecule has 2 aliphatic heterocycles. The van der Waals surface area contributed by atoms with Gasteiger partial charge in [-0.1, -0.05) is 36.4 Å². The molecule has 3 heterocycles. The number of carbonyl (C=O) groups is 2.